The van der Waals surface area contributed by atoms with Crippen LogP contribution in [0.2, 0.25) is 0 Å². The van der Waals surface area contributed by atoms with Gasteiger partial charge in [-0.15, -0.1) is 0 Å². The van der Waals surface area contributed by atoms with E-state index in [2.05, 4.69) is 13.8 Å². The lowest BCUT2D eigenvalue weighted by Crippen LogP contribution is -2.37. The Bertz CT molecular complexity index is 432. The van der Waals surface area contributed by atoms with E-state index in [0.717, 1.165) is 19.3 Å². The van der Waals surface area contributed by atoms with Gasteiger partial charge in [0.15, 0.2) is 0 Å². The molecule has 1 unspecified atom stereocenters. The fraction of sp³-hybridized carbons (Fsp3) is 1.00. The molecule has 27 heavy (non-hydrogen) atoms. The lowest BCUT2D eigenvalue weighted by Gasteiger charge is -2.32. The second kappa shape index (κ2) is 15.8. The van der Waals surface area contributed by atoms with E-state index in [9.17, 15) is 8.42 Å². The van der Waals surface area contributed by atoms with Crippen LogP contribution in [0.15, 0.2) is 0 Å². The average Bonchev–Trinajstić information content (AvgIpc) is 2.57. The number of hydrogen-bond donors (Lipinski definition) is 0. The zero-order chi connectivity index (χ0) is 20.6. The summed E-state index contributed by atoms with van der Waals surface area (Å²) in [5.41, 5.74) is -0.722. The van der Waals surface area contributed by atoms with Crippen molar-refractivity contribution in [1.82, 2.24) is 0 Å². The Morgan fingerprint density at radius 1 is 0.741 bits per heavy atom. The van der Waals surface area contributed by atoms with Gasteiger partial charge in [0, 0.05) is 0 Å². The van der Waals surface area contributed by atoms with Crippen LogP contribution in [0.25, 0.3) is 0 Å². The highest BCUT2D eigenvalue weighted by atomic mass is 32.3. The predicted molar refractivity (Wildman–Crippen MR) is 115 cm³/mol. The van der Waals surface area contributed by atoms with E-state index < -0.39 is 16.0 Å². The molecule has 0 N–H and O–H groups in total. The van der Waals surface area contributed by atoms with Crippen LogP contribution in [0.5, 0.6) is 0 Å². The second-order valence-electron chi connectivity index (χ2n) is 8.28. The lowest BCUT2D eigenvalue weighted by molar-refractivity contribution is 0.0255. The van der Waals surface area contributed by atoms with Crippen molar-refractivity contribution in [2.75, 3.05) is 6.61 Å². The summed E-state index contributed by atoms with van der Waals surface area (Å²) >= 11 is 0. The van der Waals surface area contributed by atoms with Gasteiger partial charge in [-0.1, -0.05) is 97.3 Å². The van der Waals surface area contributed by atoms with Crippen molar-refractivity contribution < 1.29 is 16.8 Å². The molecule has 0 aromatic rings. The fourth-order valence-electron chi connectivity index (χ4n) is 3.77. The van der Waals surface area contributed by atoms with E-state index in [1.807, 2.05) is 13.8 Å². The molecule has 0 fully saturated rings. The summed E-state index contributed by atoms with van der Waals surface area (Å²) in [7, 11) is -3.90. The number of rotatable bonds is 19. The van der Waals surface area contributed by atoms with Gasteiger partial charge in [0.2, 0.25) is 0 Å². The predicted octanol–water partition coefficient (Wildman–Crippen LogP) is 7.18. The van der Waals surface area contributed by atoms with Gasteiger partial charge in [-0.25, -0.2) is 8.37 Å². The third kappa shape index (κ3) is 14.5. The summed E-state index contributed by atoms with van der Waals surface area (Å²) in [5.74, 6) is 0.218. The smallest absolute Gasteiger partial charge is 0.248 e. The molecule has 5 heteroatoms. The third-order valence-corrected chi connectivity index (χ3v) is 6.62. The molecule has 0 rings (SSSR count). The van der Waals surface area contributed by atoms with Crippen LogP contribution >= 0.6 is 0 Å². The maximum Gasteiger partial charge on any atom is 0.400 e. The largest absolute Gasteiger partial charge is 0.400 e. The average molecular weight is 407 g/mol. The Morgan fingerprint density at radius 2 is 1.19 bits per heavy atom. The molecular weight excluding hydrogens is 360 g/mol. The molecule has 0 aromatic carbocycles. The molecule has 0 aliphatic heterocycles. The summed E-state index contributed by atoms with van der Waals surface area (Å²) < 4.78 is 33.6. The Balaban J connectivity index is 3.84. The van der Waals surface area contributed by atoms with Crippen LogP contribution < -0.4 is 0 Å². The second-order valence-corrected chi connectivity index (χ2v) is 9.50. The molecule has 0 aliphatic rings. The standard InChI is InChI=1S/C22H46O4S/c1-6-9-10-11-12-13-14-15-16-17-18-19-20-21(7-2)22(4,5)26-27(23,24)25-8-3/h21H,6-20H2,1-5H3. The van der Waals surface area contributed by atoms with Crippen molar-refractivity contribution in [3.63, 3.8) is 0 Å². The summed E-state index contributed by atoms with van der Waals surface area (Å²) in [4.78, 5) is 0. The highest BCUT2D eigenvalue weighted by molar-refractivity contribution is 7.81. The van der Waals surface area contributed by atoms with Gasteiger partial charge >= 0.3 is 10.4 Å². The van der Waals surface area contributed by atoms with Crippen LogP contribution in [0.3, 0.4) is 0 Å². The Kier molecular flexibility index (Phi) is 15.7. The van der Waals surface area contributed by atoms with Crippen molar-refractivity contribution in [2.45, 2.75) is 130 Å². The Morgan fingerprint density at radius 3 is 1.59 bits per heavy atom. The van der Waals surface area contributed by atoms with Crippen LogP contribution in [0.4, 0.5) is 0 Å². The molecule has 0 heterocycles. The minimum atomic E-state index is -3.90. The molecule has 4 nitrogen and oxygen atoms in total. The quantitative estimate of drug-likeness (QED) is 0.213. The van der Waals surface area contributed by atoms with Crippen molar-refractivity contribution >= 4 is 10.4 Å². The number of hydrogen-bond acceptors (Lipinski definition) is 4. The fourth-order valence-corrected chi connectivity index (χ4v) is 4.77. The summed E-state index contributed by atoms with van der Waals surface area (Å²) in [6.45, 7) is 9.84. The molecule has 0 bridgehead atoms. The first-order valence-electron chi connectivity index (χ1n) is 11.4. The first-order valence-corrected chi connectivity index (χ1v) is 12.7. The zero-order valence-corrected chi connectivity index (χ0v) is 19.5. The molecule has 1 atom stereocenters. The van der Waals surface area contributed by atoms with Gasteiger partial charge in [-0.3, -0.25) is 0 Å². The van der Waals surface area contributed by atoms with Crippen molar-refractivity contribution in [3.8, 4) is 0 Å². The molecule has 0 amide bonds. The van der Waals surface area contributed by atoms with Crippen molar-refractivity contribution in [3.05, 3.63) is 0 Å². The van der Waals surface area contributed by atoms with Gasteiger partial charge in [-0.05, 0) is 33.1 Å². The van der Waals surface area contributed by atoms with Gasteiger partial charge in [-0.2, -0.15) is 8.42 Å². The van der Waals surface area contributed by atoms with Crippen molar-refractivity contribution in [1.29, 1.82) is 0 Å². The summed E-state index contributed by atoms with van der Waals surface area (Å²) in [5, 5.41) is 0. The molecule has 0 radical (unpaired) electrons. The maximum absolute atomic E-state index is 11.8. The SMILES string of the molecule is CCCCCCCCCCCCCCC(CC)C(C)(C)OS(=O)(=O)OCC. The normalized spacial score (nSPS) is 13.8. The van der Waals surface area contributed by atoms with Crippen LogP contribution in [-0.4, -0.2) is 20.6 Å². The van der Waals surface area contributed by atoms with E-state index in [1.54, 1.807) is 6.92 Å². The van der Waals surface area contributed by atoms with E-state index in [1.165, 1.54) is 70.6 Å². The van der Waals surface area contributed by atoms with E-state index >= 15 is 0 Å². The zero-order valence-electron chi connectivity index (χ0n) is 18.7. The molecular formula is C22H46O4S. The molecule has 0 aromatic heterocycles. The first kappa shape index (κ1) is 26.9. The molecule has 0 saturated carbocycles. The Labute approximate surface area is 170 Å². The van der Waals surface area contributed by atoms with Gasteiger partial charge < -0.3 is 0 Å². The molecule has 164 valence electrons. The minimum absolute atomic E-state index is 0.105. The van der Waals surface area contributed by atoms with Gasteiger partial charge in [0.25, 0.3) is 0 Å². The van der Waals surface area contributed by atoms with E-state index in [-0.39, 0.29) is 12.5 Å². The molecule has 0 saturated heterocycles. The molecule has 0 aliphatic carbocycles. The van der Waals surface area contributed by atoms with Crippen LogP contribution in [0, 0.1) is 5.92 Å². The van der Waals surface area contributed by atoms with E-state index in [4.69, 9.17) is 8.37 Å². The Hall–Kier alpha value is -0.130. The topological polar surface area (TPSA) is 52.6 Å². The lowest BCUT2D eigenvalue weighted by atomic mass is 9.84. The van der Waals surface area contributed by atoms with Crippen molar-refractivity contribution in [2.24, 2.45) is 5.92 Å². The highest BCUT2D eigenvalue weighted by Gasteiger charge is 2.34. The van der Waals surface area contributed by atoms with E-state index in [0.29, 0.717) is 0 Å². The summed E-state index contributed by atoms with van der Waals surface area (Å²) in [6.07, 6.45) is 17.9. The number of unbranched alkanes of at least 4 members (excludes halogenated alkanes) is 11. The van der Waals surface area contributed by atoms with Gasteiger partial charge in [0.1, 0.15) is 0 Å². The third-order valence-electron chi connectivity index (χ3n) is 5.46. The first-order chi connectivity index (χ1) is 12.8. The molecule has 0 spiro atoms. The highest BCUT2D eigenvalue weighted by Crippen LogP contribution is 2.31. The van der Waals surface area contributed by atoms with Crippen LogP contribution in [-0.2, 0) is 18.8 Å². The van der Waals surface area contributed by atoms with Gasteiger partial charge in [0.05, 0.1) is 12.2 Å². The summed E-state index contributed by atoms with van der Waals surface area (Å²) in [6, 6.07) is 0. The minimum Gasteiger partial charge on any atom is -0.248 e. The monoisotopic (exact) mass is 406 g/mol. The maximum atomic E-state index is 11.8. The van der Waals surface area contributed by atoms with Crippen LogP contribution in [0.1, 0.15) is 125 Å².